The van der Waals surface area contributed by atoms with E-state index in [2.05, 4.69) is 20.9 Å². The molecular formula is C24H34N4O3. The second-order valence-electron chi connectivity index (χ2n) is 7.53. The van der Waals surface area contributed by atoms with Crippen LogP contribution in [0.15, 0.2) is 53.5 Å². The molecule has 168 valence electrons. The fraction of sp³-hybridized carbons (Fsp3) is 0.417. The number of ether oxygens (including phenoxy) is 1. The van der Waals surface area contributed by atoms with Crippen LogP contribution < -0.4 is 20.7 Å². The van der Waals surface area contributed by atoms with E-state index in [-0.39, 0.29) is 18.6 Å². The number of carbonyl (C=O) groups is 1. The fourth-order valence-electron chi connectivity index (χ4n) is 2.95. The number of hydrogen-bond donors (Lipinski definition) is 4. The molecule has 0 saturated carbocycles. The van der Waals surface area contributed by atoms with E-state index in [1.165, 1.54) is 6.92 Å². The van der Waals surface area contributed by atoms with Crippen molar-refractivity contribution in [2.45, 2.75) is 46.3 Å². The number of guanidine groups is 1. The molecule has 1 atom stereocenters. The minimum atomic E-state index is -0.690. The molecule has 0 saturated heterocycles. The summed E-state index contributed by atoms with van der Waals surface area (Å²) in [5, 5.41) is 19.7. The van der Waals surface area contributed by atoms with Crippen LogP contribution in [-0.4, -0.2) is 42.7 Å². The first kappa shape index (κ1) is 24.2. The number of carbonyl (C=O) groups excluding carboxylic acids is 1. The number of hydrogen-bond acceptors (Lipinski definition) is 4. The Morgan fingerprint density at radius 3 is 2.32 bits per heavy atom. The summed E-state index contributed by atoms with van der Waals surface area (Å²) in [6, 6.07) is 15.2. The highest BCUT2D eigenvalue weighted by Gasteiger charge is 2.08. The Labute approximate surface area is 184 Å². The molecule has 0 aliphatic heterocycles. The Morgan fingerprint density at radius 2 is 1.74 bits per heavy atom. The first-order chi connectivity index (χ1) is 14.9. The minimum absolute atomic E-state index is 0.0806. The number of nitrogens with one attached hydrogen (secondary N) is 3. The first-order valence-electron chi connectivity index (χ1n) is 10.7. The number of benzene rings is 2. The van der Waals surface area contributed by atoms with Crippen molar-refractivity contribution in [2.75, 3.05) is 25.0 Å². The second-order valence-corrected chi connectivity index (χ2v) is 7.53. The Hall–Kier alpha value is -3.06. The van der Waals surface area contributed by atoms with Gasteiger partial charge in [0.25, 0.3) is 0 Å². The van der Waals surface area contributed by atoms with Gasteiger partial charge in [-0.25, -0.2) is 0 Å². The lowest BCUT2D eigenvalue weighted by atomic mass is 10.1. The molecule has 0 bridgehead atoms. The van der Waals surface area contributed by atoms with Crippen molar-refractivity contribution in [3.63, 3.8) is 0 Å². The van der Waals surface area contributed by atoms with Gasteiger partial charge in [0.1, 0.15) is 5.75 Å². The lowest BCUT2D eigenvalue weighted by Gasteiger charge is -2.14. The van der Waals surface area contributed by atoms with E-state index in [0.717, 1.165) is 35.5 Å². The highest BCUT2D eigenvalue weighted by molar-refractivity contribution is 5.88. The molecular weight excluding hydrogens is 392 g/mol. The van der Waals surface area contributed by atoms with E-state index < -0.39 is 6.10 Å². The summed E-state index contributed by atoms with van der Waals surface area (Å²) < 4.78 is 5.64. The zero-order valence-electron chi connectivity index (χ0n) is 18.8. The number of aliphatic hydroxyl groups is 1. The molecule has 2 aromatic carbocycles. The summed E-state index contributed by atoms with van der Waals surface area (Å²) >= 11 is 0. The predicted molar refractivity (Wildman–Crippen MR) is 126 cm³/mol. The summed E-state index contributed by atoms with van der Waals surface area (Å²) in [6.07, 6.45) is 0.235. The van der Waals surface area contributed by atoms with Crippen LogP contribution in [-0.2, 0) is 11.2 Å². The fourth-order valence-corrected chi connectivity index (χ4v) is 2.95. The van der Waals surface area contributed by atoms with Gasteiger partial charge in [-0.2, -0.15) is 0 Å². The van der Waals surface area contributed by atoms with Crippen LogP contribution in [0.25, 0.3) is 0 Å². The van der Waals surface area contributed by atoms with Gasteiger partial charge in [0.2, 0.25) is 5.91 Å². The topological polar surface area (TPSA) is 95.0 Å². The van der Waals surface area contributed by atoms with Crippen LogP contribution in [0, 0.1) is 0 Å². The molecule has 1 amide bonds. The maximum atomic E-state index is 11.1. The molecule has 2 rings (SSSR count). The zero-order valence-corrected chi connectivity index (χ0v) is 18.8. The maximum absolute atomic E-state index is 11.1. The quantitative estimate of drug-likeness (QED) is 0.346. The molecule has 0 fully saturated rings. The molecule has 0 spiro atoms. The third-order valence-corrected chi connectivity index (χ3v) is 4.38. The van der Waals surface area contributed by atoms with Gasteiger partial charge in [0.15, 0.2) is 5.96 Å². The lowest BCUT2D eigenvalue weighted by Crippen LogP contribution is -2.38. The number of aliphatic hydroxyl groups excluding tert-OH is 1. The summed E-state index contributed by atoms with van der Waals surface area (Å²) in [5.41, 5.74) is 2.74. The Morgan fingerprint density at radius 1 is 1.06 bits per heavy atom. The monoisotopic (exact) mass is 426 g/mol. The highest BCUT2D eigenvalue weighted by Crippen LogP contribution is 2.19. The number of nitrogens with zero attached hydrogens (tertiary/aromatic N) is 1. The molecule has 4 N–H and O–H groups in total. The van der Waals surface area contributed by atoms with Gasteiger partial charge in [0.05, 0.1) is 18.8 Å². The Bertz CT molecular complexity index is 833. The van der Waals surface area contributed by atoms with Gasteiger partial charge in [-0.1, -0.05) is 24.3 Å². The Balaban J connectivity index is 1.85. The number of amides is 1. The standard InChI is InChI=1S/C24H34N4O3/c1-5-25-24(26-15-14-19-6-10-21(11-7-19)28-18(4)29)27-16-23(30)20-8-12-22(13-9-20)31-17(2)3/h6-13,17,23,30H,5,14-16H2,1-4H3,(H,28,29)(H2,25,26,27). The van der Waals surface area contributed by atoms with E-state index in [1.54, 1.807) is 0 Å². The summed E-state index contributed by atoms with van der Waals surface area (Å²) in [6.45, 7) is 9.14. The number of rotatable bonds is 10. The van der Waals surface area contributed by atoms with Gasteiger partial charge in [-0.05, 0) is 62.6 Å². The lowest BCUT2D eigenvalue weighted by molar-refractivity contribution is -0.114. The van der Waals surface area contributed by atoms with E-state index in [1.807, 2.05) is 69.3 Å². The normalized spacial score (nSPS) is 12.4. The molecule has 0 aromatic heterocycles. The first-order valence-corrected chi connectivity index (χ1v) is 10.7. The van der Waals surface area contributed by atoms with Gasteiger partial charge in [-0.3, -0.25) is 9.79 Å². The van der Waals surface area contributed by atoms with Crippen LogP contribution in [0.4, 0.5) is 5.69 Å². The van der Waals surface area contributed by atoms with Gasteiger partial charge < -0.3 is 25.8 Å². The molecule has 0 aliphatic rings. The van der Waals surface area contributed by atoms with Crippen molar-refractivity contribution in [1.82, 2.24) is 10.6 Å². The number of anilines is 1. The van der Waals surface area contributed by atoms with E-state index in [9.17, 15) is 9.90 Å². The van der Waals surface area contributed by atoms with Crippen molar-refractivity contribution < 1.29 is 14.6 Å². The third kappa shape index (κ3) is 9.09. The summed E-state index contributed by atoms with van der Waals surface area (Å²) in [4.78, 5) is 15.6. The van der Waals surface area contributed by atoms with Gasteiger partial charge in [0, 0.05) is 25.7 Å². The molecule has 0 aliphatic carbocycles. The predicted octanol–water partition coefficient (Wildman–Crippen LogP) is 3.26. The minimum Gasteiger partial charge on any atom is -0.491 e. The van der Waals surface area contributed by atoms with Gasteiger partial charge in [-0.15, -0.1) is 0 Å². The third-order valence-electron chi connectivity index (χ3n) is 4.38. The van der Waals surface area contributed by atoms with Crippen molar-refractivity contribution in [1.29, 1.82) is 0 Å². The zero-order chi connectivity index (χ0) is 22.6. The largest absolute Gasteiger partial charge is 0.491 e. The molecule has 31 heavy (non-hydrogen) atoms. The molecule has 7 heteroatoms. The smallest absolute Gasteiger partial charge is 0.221 e. The average Bonchev–Trinajstić information content (AvgIpc) is 2.72. The van der Waals surface area contributed by atoms with Gasteiger partial charge >= 0.3 is 0 Å². The van der Waals surface area contributed by atoms with E-state index >= 15 is 0 Å². The maximum Gasteiger partial charge on any atom is 0.221 e. The molecule has 0 radical (unpaired) electrons. The Kier molecular flexibility index (Phi) is 9.84. The summed E-state index contributed by atoms with van der Waals surface area (Å²) in [5.74, 6) is 1.37. The van der Waals surface area contributed by atoms with Crippen LogP contribution in [0.3, 0.4) is 0 Å². The number of aliphatic imine (C=N–C) groups is 1. The molecule has 1 unspecified atom stereocenters. The van der Waals surface area contributed by atoms with E-state index in [4.69, 9.17) is 4.74 Å². The molecule has 2 aromatic rings. The molecule has 0 heterocycles. The van der Waals surface area contributed by atoms with Crippen molar-refractivity contribution in [3.8, 4) is 5.75 Å². The van der Waals surface area contributed by atoms with Crippen molar-refractivity contribution >= 4 is 17.6 Å². The van der Waals surface area contributed by atoms with Crippen LogP contribution in [0.5, 0.6) is 5.75 Å². The second kappa shape index (κ2) is 12.6. The highest BCUT2D eigenvalue weighted by atomic mass is 16.5. The van der Waals surface area contributed by atoms with Crippen LogP contribution in [0.1, 0.15) is 44.9 Å². The average molecular weight is 427 g/mol. The molecule has 7 nitrogen and oxygen atoms in total. The van der Waals surface area contributed by atoms with E-state index in [0.29, 0.717) is 12.5 Å². The van der Waals surface area contributed by atoms with Crippen LogP contribution in [0.2, 0.25) is 0 Å². The van der Waals surface area contributed by atoms with Crippen molar-refractivity contribution in [3.05, 3.63) is 59.7 Å². The van der Waals surface area contributed by atoms with Crippen LogP contribution >= 0.6 is 0 Å². The SMILES string of the molecule is CCNC(=NCC(O)c1ccc(OC(C)C)cc1)NCCc1ccc(NC(C)=O)cc1. The van der Waals surface area contributed by atoms with Crippen molar-refractivity contribution in [2.24, 2.45) is 4.99 Å². The summed E-state index contributed by atoms with van der Waals surface area (Å²) in [7, 11) is 0.